The maximum atomic E-state index is 12.6. The van der Waals surface area contributed by atoms with Crippen LogP contribution < -0.4 is 10.7 Å². The number of halogens is 1. The number of nitrogens with one attached hydrogen (secondary N) is 1. The molecule has 0 radical (unpaired) electrons. The van der Waals surface area contributed by atoms with Gasteiger partial charge < -0.3 is 5.32 Å². The fraction of sp³-hybridized carbons (Fsp3) is 0.118. The van der Waals surface area contributed by atoms with Gasteiger partial charge in [-0.3, -0.25) is 14.3 Å². The van der Waals surface area contributed by atoms with E-state index in [4.69, 9.17) is 0 Å². The van der Waals surface area contributed by atoms with Crippen molar-refractivity contribution in [2.24, 2.45) is 7.05 Å². The first-order valence-electron chi connectivity index (χ1n) is 7.00. The van der Waals surface area contributed by atoms with E-state index in [2.05, 4.69) is 26.3 Å². The van der Waals surface area contributed by atoms with Crippen molar-refractivity contribution in [1.82, 2.24) is 9.78 Å². The standard InChI is InChI=1S/C17H14BrN3O2/c1-10-3-8-14-13(9-10)16(22)15(20-21(14)2)17(23)19-12-6-4-11(18)5-7-12/h3-9H,1-2H3,(H,19,23). The Morgan fingerprint density at radius 1 is 1.17 bits per heavy atom. The van der Waals surface area contributed by atoms with Gasteiger partial charge in [-0.05, 0) is 43.3 Å². The Morgan fingerprint density at radius 3 is 2.57 bits per heavy atom. The summed E-state index contributed by atoms with van der Waals surface area (Å²) in [6.45, 7) is 1.90. The first kappa shape index (κ1) is 15.4. The lowest BCUT2D eigenvalue weighted by molar-refractivity contribution is 0.101. The average molecular weight is 372 g/mol. The van der Waals surface area contributed by atoms with Crippen LogP contribution in [0.15, 0.2) is 51.7 Å². The van der Waals surface area contributed by atoms with E-state index in [0.29, 0.717) is 16.6 Å². The minimum atomic E-state index is -0.517. The quantitative estimate of drug-likeness (QED) is 0.751. The third kappa shape index (κ3) is 3.03. The van der Waals surface area contributed by atoms with Gasteiger partial charge in [0.15, 0.2) is 5.69 Å². The number of amides is 1. The molecule has 0 atom stereocenters. The molecule has 1 amide bonds. The summed E-state index contributed by atoms with van der Waals surface area (Å²) in [6, 6.07) is 12.6. The van der Waals surface area contributed by atoms with Crippen LogP contribution in [0.2, 0.25) is 0 Å². The molecular weight excluding hydrogens is 358 g/mol. The Hall–Kier alpha value is -2.47. The van der Waals surface area contributed by atoms with Gasteiger partial charge in [-0.2, -0.15) is 5.10 Å². The summed E-state index contributed by atoms with van der Waals surface area (Å²) in [5.41, 5.74) is 1.78. The number of aryl methyl sites for hydroxylation is 2. The zero-order valence-electron chi connectivity index (χ0n) is 12.6. The number of hydrogen-bond acceptors (Lipinski definition) is 3. The maximum absolute atomic E-state index is 12.6. The molecule has 0 spiro atoms. The van der Waals surface area contributed by atoms with Crippen LogP contribution in [0.3, 0.4) is 0 Å². The van der Waals surface area contributed by atoms with Crippen LogP contribution in [0.5, 0.6) is 0 Å². The number of nitrogens with zero attached hydrogens (tertiary/aromatic N) is 2. The van der Waals surface area contributed by atoms with E-state index < -0.39 is 5.91 Å². The number of benzene rings is 2. The Bertz CT molecular complexity index is 962. The molecule has 2 aromatic carbocycles. The van der Waals surface area contributed by atoms with Gasteiger partial charge in [-0.1, -0.05) is 27.6 Å². The van der Waals surface area contributed by atoms with Crippen molar-refractivity contribution in [3.05, 3.63) is 68.4 Å². The van der Waals surface area contributed by atoms with Gasteiger partial charge in [0.05, 0.1) is 10.9 Å². The summed E-state index contributed by atoms with van der Waals surface area (Å²) < 4.78 is 2.46. The molecule has 5 nitrogen and oxygen atoms in total. The molecule has 0 saturated heterocycles. The number of fused-ring (bicyclic) bond motifs is 1. The molecule has 1 aromatic heterocycles. The van der Waals surface area contributed by atoms with Crippen molar-refractivity contribution < 1.29 is 4.79 Å². The van der Waals surface area contributed by atoms with Gasteiger partial charge in [-0.25, -0.2) is 0 Å². The second-order valence-electron chi connectivity index (χ2n) is 5.28. The fourth-order valence-electron chi connectivity index (χ4n) is 2.36. The van der Waals surface area contributed by atoms with Crippen LogP contribution in [0.1, 0.15) is 16.1 Å². The average Bonchev–Trinajstić information content (AvgIpc) is 2.53. The smallest absolute Gasteiger partial charge is 0.280 e. The lowest BCUT2D eigenvalue weighted by atomic mass is 10.1. The Morgan fingerprint density at radius 2 is 1.87 bits per heavy atom. The van der Waals surface area contributed by atoms with Gasteiger partial charge in [-0.15, -0.1) is 0 Å². The molecule has 0 saturated carbocycles. The predicted octanol–water partition coefficient (Wildman–Crippen LogP) is 3.26. The van der Waals surface area contributed by atoms with Crippen molar-refractivity contribution in [2.75, 3.05) is 5.32 Å². The molecule has 1 N–H and O–H groups in total. The third-order valence-corrected chi connectivity index (χ3v) is 4.06. The fourth-order valence-corrected chi connectivity index (χ4v) is 2.63. The molecule has 0 fully saturated rings. The van der Waals surface area contributed by atoms with E-state index in [1.165, 1.54) is 0 Å². The van der Waals surface area contributed by atoms with Gasteiger partial charge in [0.1, 0.15) is 0 Å². The van der Waals surface area contributed by atoms with Crippen molar-refractivity contribution in [3.8, 4) is 0 Å². The van der Waals surface area contributed by atoms with Gasteiger partial charge in [0.25, 0.3) is 5.91 Å². The highest BCUT2D eigenvalue weighted by Crippen LogP contribution is 2.15. The zero-order valence-corrected chi connectivity index (χ0v) is 14.2. The lowest BCUT2D eigenvalue weighted by Gasteiger charge is -2.09. The predicted molar refractivity (Wildman–Crippen MR) is 93.8 cm³/mol. The number of anilines is 1. The minimum absolute atomic E-state index is 0.117. The van der Waals surface area contributed by atoms with E-state index >= 15 is 0 Å². The molecule has 0 aliphatic heterocycles. The number of carbonyl (C=O) groups excluding carboxylic acids is 1. The van der Waals surface area contributed by atoms with E-state index in [9.17, 15) is 9.59 Å². The van der Waals surface area contributed by atoms with Crippen molar-refractivity contribution in [2.45, 2.75) is 6.92 Å². The Balaban J connectivity index is 2.05. The second-order valence-corrected chi connectivity index (χ2v) is 6.20. The zero-order chi connectivity index (χ0) is 16.6. The van der Waals surface area contributed by atoms with Crippen molar-refractivity contribution in [1.29, 1.82) is 0 Å². The largest absolute Gasteiger partial charge is 0.320 e. The highest BCUT2D eigenvalue weighted by atomic mass is 79.9. The van der Waals surface area contributed by atoms with Crippen LogP contribution in [0.4, 0.5) is 5.69 Å². The van der Waals surface area contributed by atoms with Crippen LogP contribution in [0.25, 0.3) is 10.9 Å². The maximum Gasteiger partial charge on any atom is 0.280 e. The van der Waals surface area contributed by atoms with Crippen molar-refractivity contribution >= 4 is 38.4 Å². The molecule has 116 valence electrons. The van der Waals surface area contributed by atoms with Crippen LogP contribution >= 0.6 is 15.9 Å². The molecule has 0 unspecified atom stereocenters. The summed E-state index contributed by atoms with van der Waals surface area (Å²) in [5.74, 6) is -0.517. The number of rotatable bonds is 2. The molecular formula is C17H14BrN3O2. The summed E-state index contributed by atoms with van der Waals surface area (Å²) in [4.78, 5) is 25.0. The summed E-state index contributed by atoms with van der Waals surface area (Å²) in [6.07, 6.45) is 0. The number of hydrogen-bond donors (Lipinski definition) is 1. The molecule has 3 aromatic rings. The van der Waals surface area contributed by atoms with Gasteiger partial charge in [0.2, 0.25) is 5.43 Å². The molecule has 3 rings (SSSR count). The minimum Gasteiger partial charge on any atom is -0.320 e. The van der Waals surface area contributed by atoms with Crippen molar-refractivity contribution in [3.63, 3.8) is 0 Å². The second kappa shape index (κ2) is 5.96. The lowest BCUT2D eigenvalue weighted by Crippen LogP contribution is -2.26. The number of carbonyl (C=O) groups is 1. The first-order valence-corrected chi connectivity index (χ1v) is 7.79. The Labute approximate surface area is 141 Å². The molecule has 0 aliphatic rings. The van der Waals surface area contributed by atoms with Crippen LogP contribution in [0, 0.1) is 6.92 Å². The van der Waals surface area contributed by atoms with E-state index in [-0.39, 0.29) is 11.1 Å². The molecule has 1 heterocycles. The first-order chi connectivity index (χ1) is 11.0. The van der Waals surface area contributed by atoms with Gasteiger partial charge >= 0.3 is 0 Å². The summed E-state index contributed by atoms with van der Waals surface area (Å²) in [5, 5.41) is 7.31. The summed E-state index contributed by atoms with van der Waals surface area (Å²) in [7, 11) is 1.72. The number of aromatic nitrogens is 2. The molecule has 6 heteroatoms. The highest BCUT2D eigenvalue weighted by molar-refractivity contribution is 9.10. The topological polar surface area (TPSA) is 64.0 Å². The third-order valence-electron chi connectivity index (χ3n) is 3.53. The SMILES string of the molecule is Cc1ccc2c(c1)c(=O)c(C(=O)Nc1ccc(Br)cc1)nn2C. The normalized spacial score (nSPS) is 10.7. The van der Waals surface area contributed by atoms with Gasteiger partial charge in [0, 0.05) is 17.2 Å². The Kier molecular flexibility index (Phi) is 4.00. The summed E-state index contributed by atoms with van der Waals surface area (Å²) >= 11 is 3.33. The van der Waals surface area contributed by atoms with E-state index in [0.717, 1.165) is 10.0 Å². The van der Waals surface area contributed by atoms with E-state index in [1.54, 1.807) is 29.9 Å². The molecule has 0 aliphatic carbocycles. The van der Waals surface area contributed by atoms with Crippen LogP contribution in [-0.4, -0.2) is 15.7 Å². The molecule has 23 heavy (non-hydrogen) atoms. The van der Waals surface area contributed by atoms with Crippen LogP contribution in [-0.2, 0) is 7.05 Å². The monoisotopic (exact) mass is 371 g/mol. The van der Waals surface area contributed by atoms with E-state index in [1.807, 2.05) is 31.2 Å². The highest BCUT2D eigenvalue weighted by Gasteiger charge is 2.16. The molecule has 0 bridgehead atoms.